The first-order valence-corrected chi connectivity index (χ1v) is 12.6. The SMILES string of the molecule is Cc1ccc(N(C(=O)c2nsc(Cl)c2Cl)[C@@H](C(=O)NC2CCCC2)c2ccc(O)cc2)cc1C. The second-order valence-electron chi connectivity index (χ2n) is 8.55. The minimum absolute atomic E-state index is 0.00709. The van der Waals surface area contributed by atoms with E-state index in [0.29, 0.717) is 11.3 Å². The largest absolute Gasteiger partial charge is 0.508 e. The normalized spacial score (nSPS) is 14.7. The van der Waals surface area contributed by atoms with Crippen molar-refractivity contribution >= 4 is 52.2 Å². The third kappa shape index (κ3) is 5.06. The fourth-order valence-electron chi connectivity index (χ4n) is 4.19. The zero-order chi connectivity index (χ0) is 24.4. The molecule has 178 valence electrons. The number of phenols is 1. The maximum atomic E-state index is 13.9. The van der Waals surface area contributed by atoms with Crippen molar-refractivity contribution in [3.63, 3.8) is 0 Å². The number of aryl methyl sites for hydroxylation is 2. The molecule has 1 aliphatic rings. The number of hydrogen-bond acceptors (Lipinski definition) is 5. The van der Waals surface area contributed by atoms with Crippen LogP contribution >= 0.6 is 34.7 Å². The highest BCUT2D eigenvalue weighted by Gasteiger charge is 2.37. The van der Waals surface area contributed by atoms with Crippen molar-refractivity contribution in [1.82, 2.24) is 9.69 Å². The van der Waals surface area contributed by atoms with Gasteiger partial charge in [-0.3, -0.25) is 14.5 Å². The molecular weight excluding hydrogens is 493 g/mol. The third-order valence-corrected chi connectivity index (χ3v) is 7.82. The summed E-state index contributed by atoms with van der Waals surface area (Å²) in [5, 5.41) is 13.0. The summed E-state index contributed by atoms with van der Waals surface area (Å²) in [5.41, 5.74) is 3.11. The number of hydrogen-bond donors (Lipinski definition) is 2. The number of carbonyl (C=O) groups is 2. The number of amides is 2. The summed E-state index contributed by atoms with van der Waals surface area (Å²) in [6.45, 7) is 3.93. The van der Waals surface area contributed by atoms with Crippen LogP contribution in [0.15, 0.2) is 42.5 Å². The van der Waals surface area contributed by atoms with Crippen molar-refractivity contribution in [2.45, 2.75) is 51.6 Å². The van der Waals surface area contributed by atoms with Gasteiger partial charge in [0.15, 0.2) is 5.69 Å². The number of phenolic OH excluding ortho intramolecular Hbond substituents is 1. The molecule has 0 unspecified atom stereocenters. The molecule has 0 bridgehead atoms. The Morgan fingerprint density at radius 1 is 1.09 bits per heavy atom. The lowest BCUT2D eigenvalue weighted by atomic mass is 10.0. The zero-order valence-electron chi connectivity index (χ0n) is 18.8. The van der Waals surface area contributed by atoms with Crippen molar-refractivity contribution in [1.29, 1.82) is 0 Å². The van der Waals surface area contributed by atoms with E-state index in [4.69, 9.17) is 23.2 Å². The number of rotatable bonds is 6. The number of nitrogens with zero attached hydrogens (tertiary/aromatic N) is 2. The highest BCUT2D eigenvalue weighted by Crippen LogP contribution is 2.36. The maximum absolute atomic E-state index is 13.9. The van der Waals surface area contributed by atoms with Crippen LogP contribution in [0.4, 0.5) is 5.69 Å². The molecule has 2 aromatic carbocycles. The number of nitrogens with one attached hydrogen (secondary N) is 1. The molecule has 9 heteroatoms. The maximum Gasteiger partial charge on any atom is 0.280 e. The molecule has 0 saturated heterocycles. The Kier molecular flexibility index (Phi) is 7.45. The van der Waals surface area contributed by atoms with E-state index < -0.39 is 11.9 Å². The van der Waals surface area contributed by atoms with E-state index >= 15 is 0 Å². The second kappa shape index (κ2) is 10.3. The van der Waals surface area contributed by atoms with Crippen LogP contribution in [0, 0.1) is 13.8 Å². The van der Waals surface area contributed by atoms with Crippen LogP contribution in [0.5, 0.6) is 5.75 Å². The van der Waals surface area contributed by atoms with Crippen LogP contribution in [0.1, 0.15) is 58.9 Å². The lowest BCUT2D eigenvalue weighted by molar-refractivity contribution is -0.123. The molecule has 1 heterocycles. The number of aromatic hydroxyl groups is 1. The van der Waals surface area contributed by atoms with Crippen LogP contribution in [0.25, 0.3) is 0 Å². The molecule has 1 atom stereocenters. The Labute approximate surface area is 212 Å². The van der Waals surface area contributed by atoms with Crippen LogP contribution in [0.2, 0.25) is 9.36 Å². The molecule has 0 aliphatic heterocycles. The molecule has 1 aliphatic carbocycles. The van der Waals surface area contributed by atoms with Gasteiger partial charge in [0.1, 0.15) is 21.2 Å². The van der Waals surface area contributed by atoms with Gasteiger partial charge in [0, 0.05) is 11.7 Å². The number of carbonyl (C=O) groups excluding carboxylic acids is 2. The first kappa shape index (κ1) is 24.5. The molecule has 0 spiro atoms. The van der Waals surface area contributed by atoms with Crippen molar-refractivity contribution in [3.8, 4) is 5.75 Å². The summed E-state index contributed by atoms with van der Waals surface area (Å²) in [5.74, 6) is -0.769. The molecule has 1 fully saturated rings. The average molecular weight is 518 g/mol. The fourth-order valence-corrected chi connectivity index (χ4v) is 5.18. The second-order valence-corrected chi connectivity index (χ2v) is 10.3. The van der Waals surface area contributed by atoms with Gasteiger partial charge in [-0.2, -0.15) is 4.37 Å². The van der Waals surface area contributed by atoms with E-state index in [1.165, 1.54) is 17.0 Å². The van der Waals surface area contributed by atoms with Crippen molar-refractivity contribution in [3.05, 3.63) is 74.2 Å². The molecule has 0 radical (unpaired) electrons. The average Bonchev–Trinajstić information content (AvgIpc) is 3.44. The molecule has 2 N–H and O–H groups in total. The number of aromatic nitrogens is 1. The summed E-state index contributed by atoms with van der Waals surface area (Å²) >= 11 is 13.3. The van der Waals surface area contributed by atoms with Gasteiger partial charge in [-0.1, -0.05) is 54.2 Å². The minimum Gasteiger partial charge on any atom is -0.508 e. The zero-order valence-corrected chi connectivity index (χ0v) is 21.2. The topological polar surface area (TPSA) is 82.5 Å². The summed E-state index contributed by atoms with van der Waals surface area (Å²) < 4.78 is 4.38. The summed E-state index contributed by atoms with van der Waals surface area (Å²) in [4.78, 5) is 29.0. The van der Waals surface area contributed by atoms with Gasteiger partial charge in [0.25, 0.3) is 5.91 Å². The van der Waals surface area contributed by atoms with Crippen LogP contribution in [0.3, 0.4) is 0 Å². The molecule has 4 rings (SSSR count). The predicted octanol–water partition coefficient (Wildman–Crippen LogP) is 6.22. The van der Waals surface area contributed by atoms with E-state index in [1.54, 1.807) is 18.2 Å². The van der Waals surface area contributed by atoms with Crippen molar-refractivity contribution < 1.29 is 14.7 Å². The van der Waals surface area contributed by atoms with Gasteiger partial charge in [-0.15, -0.1) is 0 Å². The van der Waals surface area contributed by atoms with E-state index in [-0.39, 0.29) is 32.8 Å². The van der Waals surface area contributed by atoms with E-state index in [1.807, 2.05) is 26.0 Å². The van der Waals surface area contributed by atoms with E-state index in [0.717, 1.165) is 48.3 Å². The molecule has 1 aromatic heterocycles. The molecular formula is C25H25Cl2N3O3S. The van der Waals surface area contributed by atoms with Crippen molar-refractivity contribution in [2.24, 2.45) is 0 Å². The molecule has 2 amide bonds. The van der Waals surface area contributed by atoms with Gasteiger partial charge in [-0.05, 0) is 79.2 Å². The smallest absolute Gasteiger partial charge is 0.280 e. The Bertz CT molecular complexity index is 1210. The monoisotopic (exact) mass is 517 g/mol. The summed E-state index contributed by atoms with van der Waals surface area (Å²) in [6.07, 6.45) is 3.92. The lowest BCUT2D eigenvalue weighted by Gasteiger charge is -2.32. The van der Waals surface area contributed by atoms with E-state index in [2.05, 4.69) is 9.69 Å². The predicted molar refractivity (Wildman–Crippen MR) is 136 cm³/mol. The molecule has 6 nitrogen and oxygen atoms in total. The van der Waals surface area contributed by atoms with Gasteiger partial charge in [0.05, 0.1) is 0 Å². The summed E-state index contributed by atoms with van der Waals surface area (Å²) in [6, 6.07) is 10.9. The van der Waals surface area contributed by atoms with Crippen LogP contribution in [-0.4, -0.2) is 27.3 Å². The Hall–Kier alpha value is -2.61. The highest BCUT2D eigenvalue weighted by molar-refractivity contribution is 7.11. The van der Waals surface area contributed by atoms with Gasteiger partial charge >= 0.3 is 0 Å². The molecule has 34 heavy (non-hydrogen) atoms. The highest BCUT2D eigenvalue weighted by atomic mass is 35.5. The summed E-state index contributed by atoms with van der Waals surface area (Å²) in [7, 11) is 0. The van der Waals surface area contributed by atoms with Crippen molar-refractivity contribution in [2.75, 3.05) is 4.90 Å². The number of halogens is 2. The first-order valence-electron chi connectivity index (χ1n) is 11.1. The van der Waals surface area contributed by atoms with Crippen LogP contribution < -0.4 is 10.2 Å². The lowest BCUT2D eigenvalue weighted by Crippen LogP contribution is -2.46. The van der Waals surface area contributed by atoms with E-state index in [9.17, 15) is 14.7 Å². The Morgan fingerprint density at radius 3 is 2.35 bits per heavy atom. The Balaban J connectivity index is 1.86. The van der Waals surface area contributed by atoms with Crippen LogP contribution in [-0.2, 0) is 4.79 Å². The first-order chi connectivity index (χ1) is 16.3. The number of benzene rings is 2. The minimum atomic E-state index is -1.01. The molecule has 3 aromatic rings. The fraction of sp³-hybridized carbons (Fsp3) is 0.320. The third-order valence-electron chi connectivity index (χ3n) is 6.20. The standard InChI is InChI=1S/C25H25Cl2N3O3S/c1-14-7-10-18(13-15(14)2)30(25(33)21-20(26)23(27)34-29-21)22(16-8-11-19(31)12-9-16)24(32)28-17-5-3-4-6-17/h7-13,17,22,31H,3-6H2,1-2H3,(H,28,32)/t22-/m1/s1. The van der Waals surface area contributed by atoms with Gasteiger partial charge in [-0.25, -0.2) is 0 Å². The molecule has 1 saturated carbocycles. The Morgan fingerprint density at radius 2 is 1.76 bits per heavy atom. The van der Waals surface area contributed by atoms with Gasteiger partial charge in [0.2, 0.25) is 5.91 Å². The van der Waals surface area contributed by atoms with Gasteiger partial charge < -0.3 is 10.4 Å². The quantitative estimate of drug-likeness (QED) is 0.406. The number of anilines is 1.